The Balaban J connectivity index is 2.23. The molecule has 0 aliphatic carbocycles. The van der Waals surface area contributed by atoms with Crippen LogP contribution < -0.4 is 0 Å². The van der Waals surface area contributed by atoms with Gasteiger partial charge in [-0.25, -0.2) is 0 Å². The fourth-order valence-electron chi connectivity index (χ4n) is 1.01. The van der Waals surface area contributed by atoms with E-state index in [2.05, 4.69) is 0 Å². The van der Waals surface area contributed by atoms with E-state index in [1.54, 1.807) is 0 Å². The van der Waals surface area contributed by atoms with Gasteiger partial charge in [-0.3, -0.25) is 0 Å². The summed E-state index contributed by atoms with van der Waals surface area (Å²) in [5.74, 6) is 0. The summed E-state index contributed by atoms with van der Waals surface area (Å²) < 4.78 is 4.94. The van der Waals surface area contributed by atoms with E-state index in [0.29, 0.717) is 6.42 Å². The van der Waals surface area contributed by atoms with Gasteiger partial charge >= 0.3 is 0 Å². The molecule has 0 spiro atoms. The van der Waals surface area contributed by atoms with Crippen LogP contribution in [0.4, 0.5) is 0 Å². The normalized spacial score (nSPS) is 36.7. The highest BCUT2D eigenvalue weighted by molar-refractivity contribution is 4.63. The van der Waals surface area contributed by atoms with Crippen molar-refractivity contribution in [3.63, 3.8) is 0 Å². The smallest absolute Gasteiger partial charge is 0.155 e. The summed E-state index contributed by atoms with van der Waals surface area (Å²) in [7, 11) is 0. The molecule has 1 fully saturated rings. The molecule has 1 rings (SSSR count). The van der Waals surface area contributed by atoms with Crippen LogP contribution in [0.2, 0.25) is 0 Å². The van der Waals surface area contributed by atoms with E-state index in [4.69, 9.17) is 14.9 Å². The number of rotatable bonds is 1. The molecule has 1 aliphatic rings. The predicted molar refractivity (Wildman–Crippen MR) is 31.8 cm³/mol. The third-order valence-electron chi connectivity index (χ3n) is 1.53. The van der Waals surface area contributed by atoms with Crippen molar-refractivity contribution in [1.29, 1.82) is 0 Å². The zero-order valence-electron chi connectivity index (χ0n) is 5.29. The first-order chi connectivity index (χ1) is 4.33. The molecular formula is C6H12O3. The molecule has 3 heteroatoms. The highest BCUT2D eigenvalue weighted by Crippen LogP contribution is 2.16. The molecule has 0 aromatic heterocycles. The van der Waals surface area contributed by atoms with Crippen molar-refractivity contribution in [2.24, 2.45) is 0 Å². The predicted octanol–water partition coefficient (Wildman–Crippen LogP) is -0.134. The van der Waals surface area contributed by atoms with E-state index < -0.39 is 6.29 Å². The van der Waals surface area contributed by atoms with Gasteiger partial charge in [0.2, 0.25) is 0 Å². The van der Waals surface area contributed by atoms with Crippen LogP contribution in [0.1, 0.15) is 19.3 Å². The van der Waals surface area contributed by atoms with Gasteiger partial charge in [0, 0.05) is 0 Å². The van der Waals surface area contributed by atoms with Crippen molar-refractivity contribution in [3.05, 3.63) is 0 Å². The third-order valence-corrected chi connectivity index (χ3v) is 1.53. The fraction of sp³-hybridized carbons (Fsp3) is 1.00. The van der Waals surface area contributed by atoms with Gasteiger partial charge in [0.25, 0.3) is 0 Å². The highest BCUT2D eigenvalue weighted by Gasteiger charge is 2.18. The lowest BCUT2D eigenvalue weighted by atomic mass is 10.1. The summed E-state index contributed by atoms with van der Waals surface area (Å²) in [5, 5.41) is 17.5. The van der Waals surface area contributed by atoms with E-state index in [-0.39, 0.29) is 12.7 Å². The summed E-state index contributed by atoms with van der Waals surface area (Å²) in [6.07, 6.45) is 1.75. The molecular weight excluding hydrogens is 120 g/mol. The van der Waals surface area contributed by atoms with E-state index in [1.165, 1.54) is 0 Å². The molecule has 0 aromatic rings. The summed E-state index contributed by atoms with van der Waals surface area (Å²) in [6, 6.07) is 0. The lowest BCUT2D eigenvalue weighted by Gasteiger charge is -2.24. The molecule has 0 bridgehead atoms. The van der Waals surface area contributed by atoms with Crippen molar-refractivity contribution in [2.75, 3.05) is 6.61 Å². The standard InChI is InChI=1S/C6H12O3/c7-4-5-2-1-3-6(8)9-5/h5-8H,1-4H2/t5?,6-/m1/s1. The second-order valence-electron chi connectivity index (χ2n) is 2.33. The van der Waals surface area contributed by atoms with Crippen LogP contribution in [0, 0.1) is 0 Å². The van der Waals surface area contributed by atoms with Gasteiger partial charge in [-0.2, -0.15) is 0 Å². The molecule has 0 radical (unpaired) electrons. The molecule has 1 heterocycles. The zero-order chi connectivity index (χ0) is 6.69. The summed E-state index contributed by atoms with van der Waals surface area (Å²) in [5.41, 5.74) is 0. The van der Waals surface area contributed by atoms with Crippen molar-refractivity contribution in [2.45, 2.75) is 31.7 Å². The maximum atomic E-state index is 8.88. The minimum atomic E-state index is -0.643. The van der Waals surface area contributed by atoms with Gasteiger partial charge in [-0.1, -0.05) is 0 Å². The quantitative estimate of drug-likeness (QED) is 0.522. The molecule has 1 aliphatic heterocycles. The Morgan fingerprint density at radius 1 is 1.44 bits per heavy atom. The molecule has 54 valence electrons. The van der Waals surface area contributed by atoms with Gasteiger partial charge in [0.05, 0.1) is 12.7 Å². The summed E-state index contributed by atoms with van der Waals surface area (Å²) in [6.45, 7) is 0.0249. The Labute approximate surface area is 54.3 Å². The van der Waals surface area contributed by atoms with Crippen LogP contribution in [0.25, 0.3) is 0 Å². The number of hydrogen-bond acceptors (Lipinski definition) is 3. The second-order valence-corrected chi connectivity index (χ2v) is 2.33. The highest BCUT2D eigenvalue weighted by atomic mass is 16.6. The van der Waals surface area contributed by atoms with Crippen LogP contribution in [0.5, 0.6) is 0 Å². The first kappa shape index (κ1) is 6.99. The minimum absolute atomic E-state index is 0.0249. The zero-order valence-corrected chi connectivity index (χ0v) is 5.29. The Bertz CT molecular complexity index is 84.4. The molecule has 0 aromatic carbocycles. The molecule has 1 saturated heterocycles. The average Bonchev–Trinajstić information content (AvgIpc) is 1.88. The van der Waals surface area contributed by atoms with Crippen molar-refractivity contribution < 1.29 is 14.9 Å². The molecule has 2 atom stereocenters. The summed E-state index contributed by atoms with van der Waals surface area (Å²) >= 11 is 0. The van der Waals surface area contributed by atoms with Crippen molar-refractivity contribution in [1.82, 2.24) is 0 Å². The monoisotopic (exact) mass is 132 g/mol. The van der Waals surface area contributed by atoms with Crippen LogP contribution in [-0.4, -0.2) is 29.2 Å². The Kier molecular flexibility index (Phi) is 2.45. The lowest BCUT2D eigenvalue weighted by Crippen LogP contribution is -2.29. The van der Waals surface area contributed by atoms with Gasteiger partial charge < -0.3 is 14.9 Å². The first-order valence-electron chi connectivity index (χ1n) is 3.27. The number of ether oxygens (including phenoxy) is 1. The maximum absolute atomic E-state index is 8.88. The Morgan fingerprint density at radius 2 is 2.22 bits per heavy atom. The molecule has 1 unspecified atom stereocenters. The second kappa shape index (κ2) is 3.15. The number of aliphatic hydroxyl groups is 2. The van der Waals surface area contributed by atoms with Gasteiger partial charge in [-0.15, -0.1) is 0 Å². The molecule has 3 nitrogen and oxygen atoms in total. The van der Waals surface area contributed by atoms with Crippen LogP contribution in [0.15, 0.2) is 0 Å². The van der Waals surface area contributed by atoms with Crippen molar-refractivity contribution in [3.8, 4) is 0 Å². The molecule has 9 heavy (non-hydrogen) atoms. The van der Waals surface area contributed by atoms with E-state index >= 15 is 0 Å². The van der Waals surface area contributed by atoms with E-state index in [1.807, 2.05) is 0 Å². The molecule has 0 amide bonds. The largest absolute Gasteiger partial charge is 0.394 e. The van der Waals surface area contributed by atoms with Crippen LogP contribution >= 0.6 is 0 Å². The molecule has 0 saturated carbocycles. The van der Waals surface area contributed by atoms with Crippen LogP contribution in [-0.2, 0) is 4.74 Å². The third kappa shape index (κ3) is 1.93. The lowest BCUT2D eigenvalue weighted by molar-refractivity contribution is -0.172. The van der Waals surface area contributed by atoms with Crippen LogP contribution in [0.3, 0.4) is 0 Å². The minimum Gasteiger partial charge on any atom is -0.394 e. The average molecular weight is 132 g/mol. The number of aliphatic hydroxyl groups excluding tert-OH is 2. The maximum Gasteiger partial charge on any atom is 0.155 e. The SMILES string of the molecule is OCC1CCC[C@H](O)O1. The van der Waals surface area contributed by atoms with Gasteiger partial charge in [0.1, 0.15) is 0 Å². The fourth-order valence-corrected chi connectivity index (χ4v) is 1.01. The molecule has 2 N–H and O–H groups in total. The van der Waals surface area contributed by atoms with E-state index in [9.17, 15) is 0 Å². The Hall–Kier alpha value is -0.120. The van der Waals surface area contributed by atoms with E-state index in [0.717, 1.165) is 12.8 Å². The number of hydrogen-bond donors (Lipinski definition) is 2. The first-order valence-corrected chi connectivity index (χ1v) is 3.27. The van der Waals surface area contributed by atoms with Gasteiger partial charge in [-0.05, 0) is 19.3 Å². The Morgan fingerprint density at radius 3 is 2.67 bits per heavy atom. The van der Waals surface area contributed by atoms with Gasteiger partial charge in [0.15, 0.2) is 6.29 Å². The van der Waals surface area contributed by atoms with Crippen molar-refractivity contribution >= 4 is 0 Å². The topological polar surface area (TPSA) is 49.7 Å². The summed E-state index contributed by atoms with van der Waals surface area (Å²) in [4.78, 5) is 0.